The molecule has 0 radical (unpaired) electrons. The number of rotatable bonds is 54. The fraction of sp³-hybridized carbons (Fsp3) is 0.538. The first-order valence-electron chi connectivity index (χ1n) is 34.5. The summed E-state index contributed by atoms with van der Waals surface area (Å²) >= 11 is 0. The molecule has 16 nitrogen and oxygen atoms in total. The second-order valence-electron chi connectivity index (χ2n) is 25.0. The summed E-state index contributed by atoms with van der Waals surface area (Å²) in [5, 5.41) is 0. The minimum absolute atomic E-state index is 0.294. The fourth-order valence-corrected chi connectivity index (χ4v) is 11.4. The number of aryl methyl sites for hydroxylation is 6. The number of carbonyl (C=O) groups excluding carboxylic acids is 6. The van der Waals surface area contributed by atoms with E-state index in [2.05, 4.69) is 57.7 Å². The molecule has 0 unspecified atom stereocenters. The zero-order valence-corrected chi connectivity index (χ0v) is 59.3. The molecule has 0 heterocycles. The molecular weight excluding hydrogens is 1220 g/mol. The van der Waals surface area contributed by atoms with Gasteiger partial charge in [-0.15, -0.1) is 0 Å². The molecule has 0 atom stereocenters. The first-order chi connectivity index (χ1) is 45.5. The molecule has 0 aliphatic heterocycles. The molecule has 0 spiro atoms. The summed E-state index contributed by atoms with van der Waals surface area (Å²) < 4.78 is 68.9. The average Bonchev–Trinajstić information content (AvgIpc) is 0.808. The molecule has 0 aliphatic rings. The van der Waals surface area contributed by atoms with E-state index in [4.69, 9.17) is 42.0 Å². The summed E-state index contributed by atoms with van der Waals surface area (Å²) in [6.07, 6.45) is 23.7. The molecule has 17 heteroatoms. The van der Waals surface area contributed by atoms with E-state index in [0.29, 0.717) is 129 Å². The van der Waals surface area contributed by atoms with E-state index >= 15 is 4.57 Å². The molecule has 524 valence electrons. The molecule has 0 fully saturated rings. The first-order valence-corrected chi connectivity index (χ1v) is 35.9. The Balaban J connectivity index is 2.12. The van der Waals surface area contributed by atoms with Crippen LogP contribution in [0.15, 0.2) is 128 Å². The van der Waals surface area contributed by atoms with Gasteiger partial charge >= 0.3 is 43.6 Å². The quantitative estimate of drug-likeness (QED) is 0.0170. The number of hydrogen-bond acceptors (Lipinski definition) is 16. The molecule has 0 saturated heterocycles. The molecule has 0 bridgehead atoms. The Hall–Kier alpha value is -7.45. The second kappa shape index (κ2) is 47.4. The Bertz CT molecular complexity index is 2730. The van der Waals surface area contributed by atoms with Crippen molar-refractivity contribution in [3.8, 4) is 17.2 Å². The van der Waals surface area contributed by atoms with E-state index in [-0.39, 0.29) is 17.9 Å². The van der Waals surface area contributed by atoms with Crippen molar-refractivity contribution in [1.29, 1.82) is 0 Å². The lowest BCUT2D eigenvalue weighted by Crippen LogP contribution is -2.11. The summed E-state index contributed by atoms with van der Waals surface area (Å²) in [4.78, 5) is 72.1. The van der Waals surface area contributed by atoms with Crippen molar-refractivity contribution in [2.45, 2.75) is 234 Å². The number of hydrogen-bond donors (Lipinski definition) is 0. The molecule has 0 N–H and O–H groups in total. The molecular formula is C78H111O16P. The summed E-state index contributed by atoms with van der Waals surface area (Å²) in [5.41, 5.74) is 7.96. The molecule has 0 aliphatic carbocycles. The van der Waals surface area contributed by atoms with Crippen molar-refractivity contribution < 1.29 is 75.3 Å². The van der Waals surface area contributed by atoms with Crippen LogP contribution in [0.5, 0.6) is 17.2 Å². The molecule has 0 saturated carbocycles. The summed E-state index contributed by atoms with van der Waals surface area (Å²) in [5.74, 6) is -1.28. The van der Waals surface area contributed by atoms with Crippen LogP contribution in [0, 0.1) is 0 Å². The Morgan fingerprint density at radius 2 is 0.453 bits per heavy atom. The first kappa shape index (κ1) is 81.8. The largest absolute Gasteiger partial charge is 0.647 e. The van der Waals surface area contributed by atoms with Crippen LogP contribution in [0.2, 0.25) is 0 Å². The van der Waals surface area contributed by atoms with Gasteiger partial charge in [0.15, 0.2) is 0 Å². The molecule has 0 amide bonds. The lowest BCUT2D eigenvalue weighted by molar-refractivity contribution is -0.139. The minimum atomic E-state index is -4.67. The maximum atomic E-state index is 16.3. The van der Waals surface area contributed by atoms with Crippen LogP contribution >= 0.6 is 7.82 Å². The normalized spacial score (nSPS) is 11.0. The van der Waals surface area contributed by atoms with E-state index in [0.717, 1.165) is 187 Å². The highest BCUT2D eigenvalue weighted by Gasteiger charge is 2.36. The molecule has 95 heavy (non-hydrogen) atoms. The van der Waals surface area contributed by atoms with Gasteiger partial charge in [0.25, 0.3) is 0 Å². The number of esters is 6. The molecule has 0 aromatic heterocycles. The highest BCUT2D eigenvalue weighted by molar-refractivity contribution is 7.49. The van der Waals surface area contributed by atoms with Crippen LogP contribution < -0.4 is 13.6 Å². The standard InChI is InChI=1S/C78H111O16P/c1-58(2)73(79)86-49-31-19-13-25-37-64-43-46-70(67(55-64)40-28-16-22-34-52-89-76(82)61(7)8)92-95(85,93-71-47-44-65(38-26-14-20-32-50-87-74(80)59(3)4)56-68(71)41-29-17-23-35-53-90-77(83)62(9)10)94-72-48-45-66(39-27-15-21-33-51-88-75(81)60(5)6)57-69(72)42-30-18-24-36-54-91-78(84)63(11)12/h43-48,55-57H,1,3,5,7,9,11,13-42,49-54H2,2,4,6,8,10,12H3. The molecule has 3 aromatic rings. The van der Waals surface area contributed by atoms with Gasteiger partial charge < -0.3 is 42.0 Å². The van der Waals surface area contributed by atoms with Crippen molar-refractivity contribution in [2.24, 2.45) is 0 Å². The van der Waals surface area contributed by atoms with E-state index in [1.54, 1.807) is 41.5 Å². The monoisotopic (exact) mass is 1330 g/mol. The van der Waals surface area contributed by atoms with E-state index in [9.17, 15) is 28.8 Å². The Morgan fingerprint density at radius 1 is 0.274 bits per heavy atom. The summed E-state index contributed by atoms with van der Waals surface area (Å²) in [6, 6.07) is 17.9. The number of unbranched alkanes of at least 4 members (excludes halogenated alkanes) is 18. The minimum Gasteiger partial charge on any atom is -0.462 e. The Kier molecular flexibility index (Phi) is 40.8. The lowest BCUT2D eigenvalue weighted by Gasteiger charge is -2.24. The number of carbonyl (C=O) groups is 6. The third kappa shape index (κ3) is 36.3. The topological polar surface area (TPSA) is 203 Å². The second-order valence-corrected chi connectivity index (χ2v) is 26.5. The predicted molar refractivity (Wildman–Crippen MR) is 376 cm³/mol. The maximum absolute atomic E-state index is 16.3. The van der Waals surface area contributed by atoms with Crippen molar-refractivity contribution >= 4 is 43.6 Å². The van der Waals surface area contributed by atoms with Gasteiger partial charge in [0.1, 0.15) is 17.2 Å². The van der Waals surface area contributed by atoms with Crippen LogP contribution in [0.3, 0.4) is 0 Å². The van der Waals surface area contributed by atoms with Gasteiger partial charge in [-0.05, 0) is 209 Å². The summed E-state index contributed by atoms with van der Waals surface area (Å²) in [7, 11) is -4.67. The smallest absolute Gasteiger partial charge is 0.462 e. The average molecular weight is 1340 g/mol. The predicted octanol–water partition coefficient (Wildman–Crippen LogP) is 18.7. The van der Waals surface area contributed by atoms with Crippen LogP contribution in [-0.2, 0) is 100 Å². The molecule has 3 rings (SSSR count). The summed E-state index contributed by atoms with van der Waals surface area (Å²) in [6.45, 7) is 33.7. The lowest BCUT2D eigenvalue weighted by atomic mass is 9.99. The van der Waals surface area contributed by atoms with Crippen molar-refractivity contribution in [1.82, 2.24) is 0 Å². The van der Waals surface area contributed by atoms with E-state index in [1.807, 2.05) is 36.4 Å². The number of ether oxygens (including phenoxy) is 6. The Labute approximate surface area is 568 Å². The van der Waals surface area contributed by atoms with Gasteiger partial charge in [0.05, 0.1) is 39.6 Å². The van der Waals surface area contributed by atoms with Crippen LogP contribution in [0.25, 0.3) is 0 Å². The van der Waals surface area contributed by atoms with Gasteiger partial charge in [-0.2, -0.15) is 4.57 Å². The highest BCUT2D eigenvalue weighted by Crippen LogP contribution is 2.52. The van der Waals surface area contributed by atoms with Gasteiger partial charge in [0.2, 0.25) is 0 Å². The fourth-order valence-electron chi connectivity index (χ4n) is 10.0. The molecule has 3 aromatic carbocycles. The van der Waals surface area contributed by atoms with E-state index < -0.39 is 25.7 Å². The third-order valence-corrected chi connectivity index (χ3v) is 16.9. The maximum Gasteiger partial charge on any atom is 0.647 e. The number of phosphoric ester groups is 1. The number of benzene rings is 3. The zero-order chi connectivity index (χ0) is 69.8. The zero-order valence-electron chi connectivity index (χ0n) is 58.4. The van der Waals surface area contributed by atoms with Gasteiger partial charge in [0, 0.05) is 33.4 Å². The number of phosphoric acid groups is 1. The van der Waals surface area contributed by atoms with Crippen molar-refractivity contribution in [3.63, 3.8) is 0 Å². The van der Waals surface area contributed by atoms with Crippen molar-refractivity contribution in [3.05, 3.63) is 161 Å². The van der Waals surface area contributed by atoms with Crippen LogP contribution in [0.1, 0.15) is 229 Å². The van der Waals surface area contributed by atoms with Gasteiger partial charge in [-0.3, -0.25) is 0 Å². The van der Waals surface area contributed by atoms with Crippen LogP contribution in [0.4, 0.5) is 0 Å². The van der Waals surface area contributed by atoms with E-state index in [1.165, 1.54) is 0 Å². The van der Waals surface area contributed by atoms with Crippen LogP contribution in [-0.4, -0.2) is 75.5 Å². The third-order valence-electron chi connectivity index (χ3n) is 15.6. The highest BCUT2D eigenvalue weighted by atomic mass is 31.2. The van der Waals surface area contributed by atoms with Gasteiger partial charge in [-0.1, -0.05) is 153 Å². The Morgan fingerprint density at radius 3 is 0.642 bits per heavy atom. The van der Waals surface area contributed by atoms with Gasteiger partial charge in [-0.25, -0.2) is 28.8 Å². The van der Waals surface area contributed by atoms with Crippen molar-refractivity contribution in [2.75, 3.05) is 39.6 Å². The SMILES string of the molecule is C=C(C)C(=O)OCCCCCCc1ccc(OP(=O)(Oc2ccc(CCCCCCOC(=O)C(=C)C)cc2CCCCCCOC(=O)C(=C)C)Oc2ccc(CCCCCCOC(=O)C(=C)C)cc2CCCCCCOC(=O)C(=C)C)c(CCCCCCOC(=O)C(=C)C)c1.